The SMILES string of the molecule is CC[NH+]1CCC[C@H]1CNC(=O)c1cc2cc(Cl)ccc2[nH]1. The molecular formula is C16H21ClN3O+. The number of aromatic nitrogens is 1. The van der Waals surface area contributed by atoms with Crippen LogP contribution in [0.25, 0.3) is 10.9 Å². The summed E-state index contributed by atoms with van der Waals surface area (Å²) in [5.41, 5.74) is 1.54. The summed E-state index contributed by atoms with van der Waals surface area (Å²) >= 11 is 5.97. The lowest BCUT2D eigenvalue weighted by Gasteiger charge is -2.19. The first-order valence-corrected chi connectivity index (χ1v) is 7.96. The van der Waals surface area contributed by atoms with Crippen molar-refractivity contribution in [2.24, 2.45) is 0 Å². The first kappa shape index (κ1) is 14.4. The van der Waals surface area contributed by atoms with E-state index < -0.39 is 0 Å². The van der Waals surface area contributed by atoms with E-state index in [1.165, 1.54) is 19.4 Å². The van der Waals surface area contributed by atoms with Crippen molar-refractivity contribution in [2.45, 2.75) is 25.8 Å². The van der Waals surface area contributed by atoms with Gasteiger partial charge in [-0.3, -0.25) is 4.79 Å². The highest BCUT2D eigenvalue weighted by Gasteiger charge is 2.27. The predicted molar refractivity (Wildman–Crippen MR) is 85.0 cm³/mol. The summed E-state index contributed by atoms with van der Waals surface area (Å²) in [7, 11) is 0. The lowest BCUT2D eigenvalue weighted by Crippen LogP contribution is -3.14. The molecule has 1 aliphatic rings. The van der Waals surface area contributed by atoms with Crippen LogP contribution in [0.5, 0.6) is 0 Å². The van der Waals surface area contributed by atoms with Gasteiger partial charge in [-0.15, -0.1) is 0 Å². The largest absolute Gasteiger partial charge is 0.351 e. The number of likely N-dealkylation sites (tertiary alicyclic amines) is 1. The van der Waals surface area contributed by atoms with E-state index in [4.69, 9.17) is 11.6 Å². The minimum atomic E-state index is -0.0373. The van der Waals surface area contributed by atoms with Crippen LogP contribution in [0.2, 0.25) is 5.02 Å². The van der Waals surface area contributed by atoms with E-state index in [1.54, 1.807) is 4.90 Å². The molecule has 1 saturated heterocycles. The number of H-pyrrole nitrogens is 1. The minimum absolute atomic E-state index is 0.0373. The molecule has 1 unspecified atom stereocenters. The number of benzene rings is 1. The third-order valence-corrected chi connectivity index (χ3v) is 4.65. The van der Waals surface area contributed by atoms with Crippen LogP contribution in [-0.4, -0.2) is 36.6 Å². The Morgan fingerprint density at radius 3 is 3.14 bits per heavy atom. The number of carbonyl (C=O) groups excluding carboxylic acids is 1. The number of hydrogen-bond acceptors (Lipinski definition) is 1. The Balaban J connectivity index is 1.66. The van der Waals surface area contributed by atoms with Gasteiger partial charge in [0.05, 0.1) is 19.6 Å². The quantitative estimate of drug-likeness (QED) is 0.790. The van der Waals surface area contributed by atoms with Gasteiger partial charge >= 0.3 is 0 Å². The van der Waals surface area contributed by atoms with Crippen LogP contribution < -0.4 is 10.2 Å². The number of fused-ring (bicyclic) bond motifs is 1. The third-order valence-electron chi connectivity index (χ3n) is 4.42. The number of likely N-dealkylation sites (N-methyl/N-ethyl adjacent to an activating group) is 1. The van der Waals surface area contributed by atoms with Crippen LogP contribution in [0.4, 0.5) is 0 Å². The average Bonchev–Trinajstić information content (AvgIpc) is 3.10. The van der Waals surface area contributed by atoms with Crippen molar-refractivity contribution in [3.8, 4) is 0 Å². The molecule has 0 radical (unpaired) electrons. The number of amides is 1. The molecule has 0 aliphatic carbocycles. The number of nitrogens with one attached hydrogen (secondary N) is 3. The van der Waals surface area contributed by atoms with Crippen molar-refractivity contribution in [3.63, 3.8) is 0 Å². The number of quaternary nitrogens is 1. The Bertz CT molecular complexity index is 652. The number of rotatable bonds is 4. The van der Waals surface area contributed by atoms with Crippen molar-refractivity contribution in [1.82, 2.24) is 10.3 Å². The standard InChI is InChI=1S/C16H20ClN3O/c1-2-20-7-3-4-13(20)10-18-16(21)15-9-11-8-12(17)5-6-14(11)19-15/h5-6,8-9,13,19H,2-4,7,10H2,1H3,(H,18,21)/p+1/t13-/m0/s1. The Morgan fingerprint density at radius 1 is 1.48 bits per heavy atom. The molecule has 21 heavy (non-hydrogen) atoms. The fourth-order valence-corrected chi connectivity index (χ4v) is 3.41. The summed E-state index contributed by atoms with van der Waals surface area (Å²) in [6.07, 6.45) is 2.46. The van der Waals surface area contributed by atoms with Gasteiger partial charge in [0.1, 0.15) is 11.7 Å². The zero-order chi connectivity index (χ0) is 14.8. The van der Waals surface area contributed by atoms with Crippen LogP contribution in [0, 0.1) is 0 Å². The molecule has 112 valence electrons. The summed E-state index contributed by atoms with van der Waals surface area (Å²) < 4.78 is 0. The van der Waals surface area contributed by atoms with Gasteiger partial charge in [0, 0.05) is 28.8 Å². The van der Waals surface area contributed by atoms with E-state index in [0.29, 0.717) is 16.8 Å². The second kappa shape index (κ2) is 6.08. The monoisotopic (exact) mass is 306 g/mol. The molecule has 2 heterocycles. The summed E-state index contributed by atoms with van der Waals surface area (Å²) in [4.78, 5) is 17.0. The van der Waals surface area contributed by atoms with Crippen molar-refractivity contribution in [1.29, 1.82) is 0 Å². The lowest BCUT2D eigenvalue weighted by atomic mass is 10.2. The van der Waals surface area contributed by atoms with Crippen LogP contribution >= 0.6 is 11.6 Å². The molecule has 4 nitrogen and oxygen atoms in total. The Labute approximate surface area is 129 Å². The maximum absolute atomic E-state index is 12.3. The fraction of sp³-hybridized carbons (Fsp3) is 0.438. The Morgan fingerprint density at radius 2 is 2.33 bits per heavy atom. The van der Waals surface area contributed by atoms with Gasteiger partial charge in [0.25, 0.3) is 5.91 Å². The van der Waals surface area contributed by atoms with Crippen molar-refractivity contribution < 1.29 is 9.69 Å². The summed E-state index contributed by atoms with van der Waals surface area (Å²) in [6, 6.07) is 8.00. The summed E-state index contributed by atoms with van der Waals surface area (Å²) in [6.45, 7) is 5.31. The third kappa shape index (κ3) is 3.06. The fourth-order valence-electron chi connectivity index (χ4n) is 3.23. The van der Waals surface area contributed by atoms with Crippen LogP contribution in [0.1, 0.15) is 30.3 Å². The lowest BCUT2D eigenvalue weighted by molar-refractivity contribution is -0.909. The van der Waals surface area contributed by atoms with Gasteiger partial charge in [-0.2, -0.15) is 0 Å². The zero-order valence-corrected chi connectivity index (χ0v) is 13.0. The first-order chi connectivity index (χ1) is 10.2. The van der Waals surface area contributed by atoms with Crippen LogP contribution in [0.15, 0.2) is 24.3 Å². The molecule has 1 fully saturated rings. The molecule has 1 aromatic heterocycles. The molecule has 0 spiro atoms. The minimum Gasteiger partial charge on any atom is -0.351 e. The first-order valence-electron chi connectivity index (χ1n) is 7.58. The average molecular weight is 307 g/mol. The number of aromatic amines is 1. The van der Waals surface area contributed by atoms with Gasteiger partial charge < -0.3 is 15.2 Å². The molecule has 3 N–H and O–H groups in total. The van der Waals surface area contributed by atoms with Gasteiger partial charge in [0.15, 0.2) is 0 Å². The predicted octanol–water partition coefficient (Wildman–Crippen LogP) is 1.62. The van der Waals surface area contributed by atoms with Crippen molar-refractivity contribution in [3.05, 3.63) is 35.0 Å². The van der Waals surface area contributed by atoms with E-state index in [-0.39, 0.29) is 5.91 Å². The Kier molecular flexibility index (Phi) is 4.17. The smallest absolute Gasteiger partial charge is 0.267 e. The second-order valence-electron chi connectivity index (χ2n) is 5.73. The molecule has 1 amide bonds. The van der Waals surface area contributed by atoms with Crippen molar-refractivity contribution >= 4 is 28.4 Å². The maximum atomic E-state index is 12.3. The van der Waals surface area contributed by atoms with E-state index in [1.807, 2.05) is 24.3 Å². The maximum Gasteiger partial charge on any atom is 0.267 e. The normalized spacial score (nSPS) is 21.8. The van der Waals surface area contributed by atoms with Crippen molar-refractivity contribution in [2.75, 3.05) is 19.6 Å². The number of hydrogen-bond donors (Lipinski definition) is 3. The van der Waals surface area contributed by atoms with Gasteiger partial charge in [0.2, 0.25) is 0 Å². The van der Waals surface area contributed by atoms with E-state index in [2.05, 4.69) is 17.2 Å². The molecule has 1 aromatic carbocycles. The molecule has 2 atom stereocenters. The van der Waals surface area contributed by atoms with E-state index in [0.717, 1.165) is 24.0 Å². The van der Waals surface area contributed by atoms with Crippen LogP contribution in [-0.2, 0) is 0 Å². The van der Waals surface area contributed by atoms with Gasteiger partial charge in [-0.1, -0.05) is 11.6 Å². The highest BCUT2D eigenvalue weighted by Crippen LogP contribution is 2.20. The number of carbonyl (C=O) groups is 1. The topological polar surface area (TPSA) is 49.3 Å². The second-order valence-corrected chi connectivity index (χ2v) is 6.16. The summed E-state index contributed by atoms with van der Waals surface area (Å²) in [5, 5.41) is 4.71. The molecular weight excluding hydrogens is 286 g/mol. The van der Waals surface area contributed by atoms with Crippen LogP contribution in [0.3, 0.4) is 0 Å². The molecule has 0 bridgehead atoms. The molecule has 3 rings (SSSR count). The highest BCUT2D eigenvalue weighted by molar-refractivity contribution is 6.31. The molecule has 1 aliphatic heterocycles. The van der Waals surface area contributed by atoms with Gasteiger partial charge in [-0.25, -0.2) is 0 Å². The molecule has 0 saturated carbocycles. The van der Waals surface area contributed by atoms with Gasteiger partial charge in [-0.05, 0) is 31.2 Å². The molecule has 5 heteroatoms. The zero-order valence-electron chi connectivity index (χ0n) is 12.2. The van der Waals surface area contributed by atoms with E-state index >= 15 is 0 Å². The van der Waals surface area contributed by atoms with E-state index in [9.17, 15) is 4.79 Å². The summed E-state index contributed by atoms with van der Waals surface area (Å²) in [5.74, 6) is -0.0373. The highest BCUT2D eigenvalue weighted by atomic mass is 35.5. The Hall–Kier alpha value is -1.52. The number of halogens is 1. The molecule has 2 aromatic rings.